The fraction of sp³-hybridized carbons (Fsp3) is 0.429. The Hall–Kier alpha value is -2.13. The van der Waals surface area contributed by atoms with Gasteiger partial charge in [0.05, 0.1) is 24.4 Å². The lowest BCUT2D eigenvalue weighted by molar-refractivity contribution is 0.0122. The van der Waals surface area contributed by atoms with Gasteiger partial charge in [-0.05, 0) is 35.4 Å². The Labute approximate surface area is 137 Å². The highest BCUT2D eigenvalue weighted by atomic mass is 32.2. The van der Waals surface area contributed by atoms with E-state index >= 15 is 0 Å². The van der Waals surface area contributed by atoms with Crippen LogP contribution in [-0.2, 0) is 4.74 Å². The van der Waals surface area contributed by atoms with Gasteiger partial charge in [0.2, 0.25) is 5.16 Å². The van der Waals surface area contributed by atoms with Gasteiger partial charge in [-0.15, -0.1) is 5.10 Å². The molecule has 1 aromatic heterocycles. The van der Waals surface area contributed by atoms with Crippen molar-refractivity contribution in [3.8, 4) is 5.69 Å². The molecule has 2 aromatic rings. The zero-order chi connectivity index (χ0) is 16.1. The molecule has 2 N–H and O–H groups in total. The Kier molecular flexibility index (Phi) is 5.09. The molecule has 1 saturated heterocycles. The number of aromatic nitrogens is 4. The van der Waals surface area contributed by atoms with Crippen molar-refractivity contribution in [3.05, 3.63) is 30.3 Å². The minimum atomic E-state index is -1.01. The van der Waals surface area contributed by atoms with Crippen LogP contribution < -0.4 is 5.32 Å². The number of nitrogens with zero attached hydrogens (tertiary/aromatic N) is 4. The first-order chi connectivity index (χ1) is 11.2. The smallest absolute Gasteiger partial charge is 0.404 e. The van der Waals surface area contributed by atoms with E-state index in [-0.39, 0.29) is 12.1 Å². The SMILES string of the molecule is O=C(O)N[C@@H]1CC[C@@H](CSc2nnnn2-c2ccccc2)OC1. The van der Waals surface area contributed by atoms with Crippen LogP contribution in [-0.4, -0.2) is 55.9 Å². The lowest BCUT2D eigenvalue weighted by Gasteiger charge is -2.28. The van der Waals surface area contributed by atoms with Crippen LogP contribution in [0.1, 0.15) is 12.8 Å². The van der Waals surface area contributed by atoms with E-state index in [2.05, 4.69) is 20.8 Å². The molecule has 3 rings (SSSR count). The highest BCUT2D eigenvalue weighted by molar-refractivity contribution is 7.99. The summed E-state index contributed by atoms with van der Waals surface area (Å²) in [4.78, 5) is 10.6. The maximum atomic E-state index is 10.6. The van der Waals surface area contributed by atoms with Gasteiger partial charge in [-0.2, -0.15) is 4.68 Å². The number of rotatable bonds is 5. The first-order valence-electron chi connectivity index (χ1n) is 7.30. The predicted octanol–water partition coefficient (Wildman–Crippen LogP) is 1.57. The number of hydrogen-bond donors (Lipinski definition) is 2. The van der Waals surface area contributed by atoms with Crippen molar-refractivity contribution in [1.29, 1.82) is 0 Å². The number of amides is 1. The fourth-order valence-corrected chi connectivity index (χ4v) is 3.35. The molecule has 0 saturated carbocycles. The maximum Gasteiger partial charge on any atom is 0.404 e. The minimum Gasteiger partial charge on any atom is -0.465 e. The molecule has 1 aliphatic heterocycles. The minimum absolute atomic E-state index is 0.0766. The van der Waals surface area contributed by atoms with E-state index in [9.17, 15) is 4.79 Å². The number of hydrogen-bond acceptors (Lipinski definition) is 6. The number of tetrazole rings is 1. The molecule has 1 aromatic carbocycles. The molecule has 9 heteroatoms. The van der Waals surface area contributed by atoms with Gasteiger partial charge in [0.15, 0.2) is 0 Å². The lowest BCUT2D eigenvalue weighted by atomic mass is 10.1. The molecule has 0 spiro atoms. The van der Waals surface area contributed by atoms with Gasteiger partial charge in [0.1, 0.15) is 0 Å². The van der Waals surface area contributed by atoms with Crippen molar-refractivity contribution in [2.45, 2.75) is 30.1 Å². The maximum absolute atomic E-state index is 10.6. The molecule has 1 fully saturated rings. The van der Waals surface area contributed by atoms with Gasteiger partial charge in [0.25, 0.3) is 0 Å². The Balaban J connectivity index is 1.52. The van der Waals surface area contributed by atoms with Crippen molar-refractivity contribution in [3.63, 3.8) is 0 Å². The number of carbonyl (C=O) groups is 1. The summed E-state index contributed by atoms with van der Waals surface area (Å²) in [5.41, 5.74) is 0.912. The standard InChI is InChI=1S/C14H17N5O3S/c20-14(21)15-10-6-7-12(22-8-10)9-23-13-16-17-18-19(13)11-4-2-1-3-5-11/h1-5,10,12,15H,6-9H2,(H,20,21)/t10-,12+/m1/s1. The molecule has 0 unspecified atom stereocenters. The van der Waals surface area contributed by atoms with Crippen LogP contribution in [0.25, 0.3) is 5.69 Å². The molecule has 1 amide bonds. The zero-order valence-electron chi connectivity index (χ0n) is 12.3. The molecule has 1 aliphatic rings. The van der Waals surface area contributed by atoms with Crippen LogP contribution in [0, 0.1) is 0 Å². The van der Waals surface area contributed by atoms with Crippen molar-refractivity contribution in [2.24, 2.45) is 0 Å². The summed E-state index contributed by atoms with van der Waals surface area (Å²) in [6.07, 6.45) is 0.660. The third kappa shape index (κ3) is 4.20. The van der Waals surface area contributed by atoms with Crippen LogP contribution in [0.15, 0.2) is 35.5 Å². The third-order valence-corrected chi connectivity index (χ3v) is 4.59. The first kappa shape index (κ1) is 15.8. The highest BCUT2D eigenvalue weighted by Gasteiger charge is 2.23. The Bertz CT molecular complexity index is 643. The second-order valence-corrected chi connectivity index (χ2v) is 6.19. The molecule has 8 nitrogen and oxygen atoms in total. The molecular formula is C14H17N5O3S. The Morgan fingerprint density at radius 1 is 1.39 bits per heavy atom. The van der Waals surface area contributed by atoms with E-state index in [4.69, 9.17) is 9.84 Å². The topological polar surface area (TPSA) is 102 Å². The number of ether oxygens (including phenoxy) is 1. The van der Waals surface area contributed by atoms with Crippen LogP contribution in [0.5, 0.6) is 0 Å². The van der Waals surface area contributed by atoms with E-state index in [1.54, 1.807) is 4.68 Å². The van der Waals surface area contributed by atoms with Crippen molar-refractivity contribution in [1.82, 2.24) is 25.5 Å². The summed E-state index contributed by atoms with van der Waals surface area (Å²) in [7, 11) is 0. The number of para-hydroxylation sites is 1. The third-order valence-electron chi connectivity index (χ3n) is 3.54. The Morgan fingerprint density at radius 2 is 2.22 bits per heavy atom. The molecular weight excluding hydrogens is 318 g/mol. The second-order valence-electron chi connectivity index (χ2n) is 5.20. The van der Waals surface area contributed by atoms with Gasteiger partial charge < -0.3 is 15.2 Å². The Morgan fingerprint density at radius 3 is 2.91 bits per heavy atom. The van der Waals surface area contributed by atoms with Gasteiger partial charge in [-0.25, -0.2) is 4.79 Å². The number of carboxylic acid groups (broad SMARTS) is 1. The van der Waals surface area contributed by atoms with Crippen LogP contribution in [0.4, 0.5) is 4.79 Å². The number of nitrogens with one attached hydrogen (secondary N) is 1. The fourth-order valence-electron chi connectivity index (χ4n) is 2.39. The molecule has 2 atom stereocenters. The van der Waals surface area contributed by atoms with Crippen molar-refractivity contribution in [2.75, 3.05) is 12.4 Å². The molecule has 2 heterocycles. The van der Waals surface area contributed by atoms with Crippen LogP contribution >= 0.6 is 11.8 Å². The lowest BCUT2D eigenvalue weighted by Crippen LogP contribution is -2.42. The second kappa shape index (κ2) is 7.42. The quantitative estimate of drug-likeness (QED) is 0.800. The highest BCUT2D eigenvalue weighted by Crippen LogP contribution is 2.23. The van der Waals surface area contributed by atoms with E-state index in [1.807, 2.05) is 30.3 Å². The van der Waals surface area contributed by atoms with E-state index in [1.165, 1.54) is 11.8 Å². The van der Waals surface area contributed by atoms with Gasteiger partial charge >= 0.3 is 6.09 Å². The van der Waals surface area contributed by atoms with E-state index < -0.39 is 6.09 Å². The van der Waals surface area contributed by atoms with Crippen molar-refractivity contribution >= 4 is 17.9 Å². The largest absolute Gasteiger partial charge is 0.465 e. The summed E-state index contributed by atoms with van der Waals surface area (Å²) >= 11 is 1.54. The van der Waals surface area contributed by atoms with Crippen molar-refractivity contribution < 1.29 is 14.6 Å². The van der Waals surface area contributed by atoms with Gasteiger partial charge in [0, 0.05) is 5.75 Å². The summed E-state index contributed by atoms with van der Waals surface area (Å²) in [6, 6.07) is 9.58. The monoisotopic (exact) mass is 335 g/mol. The summed E-state index contributed by atoms with van der Waals surface area (Å²) < 4.78 is 7.41. The number of thioether (sulfide) groups is 1. The normalized spacial score (nSPS) is 21.0. The molecule has 122 valence electrons. The molecule has 0 bridgehead atoms. The number of benzene rings is 1. The first-order valence-corrected chi connectivity index (χ1v) is 8.28. The van der Waals surface area contributed by atoms with Crippen LogP contribution in [0.2, 0.25) is 0 Å². The molecule has 0 radical (unpaired) electrons. The van der Waals surface area contributed by atoms with Gasteiger partial charge in [-0.3, -0.25) is 0 Å². The summed E-state index contributed by atoms with van der Waals surface area (Å²) in [6.45, 7) is 0.404. The molecule has 23 heavy (non-hydrogen) atoms. The predicted molar refractivity (Wildman–Crippen MR) is 83.8 cm³/mol. The molecule has 0 aliphatic carbocycles. The van der Waals surface area contributed by atoms with E-state index in [0.29, 0.717) is 11.8 Å². The van der Waals surface area contributed by atoms with E-state index in [0.717, 1.165) is 24.3 Å². The van der Waals surface area contributed by atoms with Crippen LogP contribution in [0.3, 0.4) is 0 Å². The van der Waals surface area contributed by atoms with Gasteiger partial charge in [-0.1, -0.05) is 30.0 Å². The zero-order valence-corrected chi connectivity index (χ0v) is 13.1. The summed E-state index contributed by atoms with van der Waals surface area (Å²) in [5, 5.41) is 23.7. The average molecular weight is 335 g/mol. The average Bonchev–Trinajstić information content (AvgIpc) is 3.03. The summed E-state index contributed by atoms with van der Waals surface area (Å²) in [5.74, 6) is 0.729.